The average Bonchev–Trinajstić information content (AvgIpc) is 2.03. The summed E-state index contributed by atoms with van der Waals surface area (Å²) in [6, 6.07) is 0. The molecule has 64 valence electrons. The Morgan fingerprint density at radius 2 is 2.36 bits per heavy atom. The van der Waals surface area contributed by atoms with Crippen molar-refractivity contribution in [3.63, 3.8) is 0 Å². The van der Waals surface area contributed by atoms with Crippen LogP contribution in [0.4, 0.5) is 0 Å². The van der Waals surface area contributed by atoms with E-state index in [1.54, 1.807) is 0 Å². The monoisotopic (exact) mass is 158 g/mol. The van der Waals surface area contributed by atoms with Gasteiger partial charge >= 0.3 is 5.97 Å². The van der Waals surface area contributed by atoms with Crippen molar-refractivity contribution in [2.75, 3.05) is 6.61 Å². The zero-order valence-electron chi connectivity index (χ0n) is 6.58. The topological polar surface area (TPSA) is 46.5 Å². The minimum absolute atomic E-state index is 0.208. The molecule has 1 rings (SSSR count). The number of ether oxygens (including phenoxy) is 1. The number of rotatable bonds is 3. The van der Waals surface area contributed by atoms with Crippen LogP contribution in [0.25, 0.3) is 0 Å². The van der Waals surface area contributed by atoms with Gasteiger partial charge in [-0.1, -0.05) is 0 Å². The lowest BCUT2D eigenvalue weighted by atomic mass is 10.1. The predicted molar refractivity (Wildman–Crippen MR) is 40.5 cm³/mol. The van der Waals surface area contributed by atoms with Crippen molar-refractivity contribution in [2.45, 2.75) is 38.2 Å². The molecule has 0 bridgehead atoms. The van der Waals surface area contributed by atoms with Gasteiger partial charge in [0.05, 0.1) is 6.10 Å². The van der Waals surface area contributed by atoms with Gasteiger partial charge in [0.2, 0.25) is 0 Å². The summed E-state index contributed by atoms with van der Waals surface area (Å²) in [5, 5.41) is 8.39. The van der Waals surface area contributed by atoms with E-state index in [2.05, 4.69) is 0 Å². The first-order valence-electron chi connectivity index (χ1n) is 4.12. The molecule has 1 N–H and O–H groups in total. The fourth-order valence-corrected chi connectivity index (χ4v) is 1.32. The Labute approximate surface area is 66.4 Å². The molecule has 0 amide bonds. The molecule has 0 aliphatic carbocycles. The number of hydrogen-bond acceptors (Lipinski definition) is 2. The van der Waals surface area contributed by atoms with Crippen LogP contribution in [0.3, 0.4) is 0 Å². The van der Waals surface area contributed by atoms with Gasteiger partial charge in [-0.25, -0.2) is 0 Å². The van der Waals surface area contributed by atoms with Crippen LogP contribution in [-0.2, 0) is 9.53 Å². The van der Waals surface area contributed by atoms with E-state index < -0.39 is 5.97 Å². The number of carboxylic acids is 1. The molecule has 1 saturated heterocycles. The molecule has 0 aromatic heterocycles. The highest BCUT2D eigenvalue weighted by Crippen LogP contribution is 2.16. The van der Waals surface area contributed by atoms with E-state index in [1.807, 2.05) is 0 Å². The van der Waals surface area contributed by atoms with Crippen LogP contribution in [0.1, 0.15) is 32.1 Å². The average molecular weight is 158 g/mol. The van der Waals surface area contributed by atoms with Crippen LogP contribution < -0.4 is 0 Å². The van der Waals surface area contributed by atoms with Crippen molar-refractivity contribution in [3.05, 3.63) is 0 Å². The molecule has 1 atom stereocenters. The van der Waals surface area contributed by atoms with Gasteiger partial charge in [-0.15, -0.1) is 0 Å². The van der Waals surface area contributed by atoms with E-state index in [0.717, 1.165) is 19.4 Å². The Hall–Kier alpha value is -0.570. The molecule has 3 heteroatoms. The standard InChI is InChI=1S/C8H14O3/c9-8(10)5-4-7-3-1-2-6-11-7/h7H,1-6H2,(H,9,10)/t7-/m1/s1. The van der Waals surface area contributed by atoms with Crippen molar-refractivity contribution in [2.24, 2.45) is 0 Å². The Morgan fingerprint density at radius 3 is 2.91 bits per heavy atom. The fraction of sp³-hybridized carbons (Fsp3) is 0.875. The number of carbonyl (C=O) groups is 1. The number of hydrogen-bond donors (Lipinski definition) is 1. The minimum atomic E-state index is -0.723. The Morgan fingerprint density at radius 1 is 1.55 bits per heavy atom. The highest BCUT2D eigenvalue weighted by Gasteiger charge is 2.14. The summed E-state index contributed by atoms with van der Waals surface area (Å²) in [5.74, 6) is -0.723. The van der Waals surface area contributed by atoms with Crippen molar-refractivity contribution < 1.29 is 14.6 Å². The van der Waals surface area contributed by atoms with Crippen LogP contribution in [0, 0.1) is 0 Å². The first-order valence-corrected chi connectivity index (χ1v) is 4.12. The number of aliphatic carboxylic acids is 1. The lowest BCUT2D eigenvalue weighted by molar-refractivity contribution is -0.138. The molecule has 0 saturated carbocycles. The van der Waals surface area contributed by atoms with E-state index in [9.17, 15) is 4.79 Å². The normalized spacial score (nSPS) is 24.9. The second kappa shape index (κ2) is 4.34. The van der Waals surface area contributed by atoms with Crippen LogP contribution in [0.15, 0.2) is 0 Å². The summed E-state index contributed by atoms with van der Waals surface area (Å²) in [6.07, 6.45) is 4.47. The molecule has 0 radical (unpaired) electrons. The summed E-state index contributed by atoms with van der Waals surface area (Å²) in [6.45, 7) is 0.810. The second-order valence-corrected chi connectivity index (χ2v) is 2.92. The third kappa shape index (κ3) is 3.37. The third-order valence-corrected chi connectivity index (χ3v) is 1.95. The smallest absolute Gasteiger partial charge is 0.303 e. The number of carboxylic acid groups (broad SMARTS) is 1. The molecule has 1 aliphatic heterocycles. The van der Waals surface area contributed by atoms with Crippen LogP contribution in [-0.4, -0.2) is 23.8 Å². The highest BCUT2D eigenvalue weighted by molar-refractivity contribution is 5.66. The van der Waals surface area contributed by atoms with Crippen molar-refractivity contribution in [3.8, 4) is 0 Å². The minimum Gasteiger partial charge on any atom is -0.481 e. The maximum absolute atomic E-state index is 10.2. The first-order chi connectivity index (χ1) is 5.29. The lowest BCUT2D eigenvalue weighted by Crippen LogP contribution is -2.19. The molecule has 3 nitrogen and oxygen atoms in total. The zero-order chi connectivity index (χ0) is 8.10. The molecular weight excluding hydrogens is 144 g/mol. The molecule has 1 fully saturated rings. The predicted octanol–water partition coefficient (Wildman–Crippen LogP) is 1.42. The zero-order valence-corrected chi connectivity index (χ0v) is 6.58. The van der Waals surface area contributed by atoms with Gasteiger partial charge in [-0.2, -0.15) is 0 Å². The molecule has 0 spiro atoms. The molecule has 11 heavy (non-hydrogen) atoms. The van der Waals surface area contributed by atoms with E-state index in [-0.39, 0.29) is 12.5 Å². The van der Waals surface area contributed by atoms with Crippen molar-refractivity contribution in [1.29, 1.82) is 0 Å². The molecular formula is C8H14O3. The van der Waals surface area contributed by atoms with Crippen molar-refractivity contribution >= 4 is 5.97 Å². The SMILES string of the molecule is O=C(O)CC[C@H]1CCCCO1. The van der Waals surface area contributed by atoms with Gasteiger partial charge in [0.1, 0.15) is 0 Å². The second-order valence-electron chi connectivity index (χ2n) is 2.92. The molecule has 0 unspecified atom stereocenters. The fourth-order valence-electron chi connectivity index (χ4n) is 1.32. The van der Waals surface area contributed by atoms with Gasteiger partial charge in [0.25, 0.3) is 0 Å². The van der Waals surface area contributed by atoms with Gasteiger partial charge in [0, 0.05) is 13.0 Å². The lowest BCUT2D eigenvalue weighted by Gasteiger charge is -2.21. The summed E-state index contributed by atoms with van der Waals surface area (Å²) in [4.78, 5) is 10.2. The molecule has 1 heterocycles. The van der Waals surface area contributed by atoms with Gasteiger partial charge < -0.3 is 9.84 Å². The maximum Gasteiger partial charge on any atom is 0.303 e. The highest BCUT2D eigenvalue weighted by atomic mass is 16.5. The van der Waals surface area contributed by atoms with E-state index >= 15 is 0 Å². The van der Waals surface area contributed by atoms with Crippen LogP contribution in [0.5, 0.6) is 0 Å². The summed E-state index contributed by atoms with van der Waals surface area (Å²) in [7, 11) is 0. The maximum atomic E-state index is 10.2. The van der Waals surface area contributed by atoms with E-state index in [4.69, 9.17) is 9.84 Å². The quantitative estimate of drug-likeness (QED) is 0.675. The van der Waals surface area contributed by atoms with Gasteiger partial charge in [-0.3, -0.25) is 4.79 Å². The van der Waals surface area contributed by atoms with Crippen LogP contribution >= 0.6 is 0 Å². The van der Waals surface area contributed by atoms with Crippen LogP contribution in [0.2, 0.25) is 0 Å². The largest absolute Gasteiger partial charge is 0.481 e. The third-order valence-electron chi connectivity index (χ3n) is 1.95. The van der Waals surface area contributed by atoms with E-state index in [0.29, 0.717) is 6.42 Å². The molecule has 0 aromatic rings. The van der Waals surface area contributed by atoms with Crippen molar-refractivity contribution in [1.82, 2.24) is 0 Å². The Kier molecular flexibility index (Phi) is 3.36. The van der Waals surface area contributed by atoms with E-state index in [1.165, 1.54) is 6.42 Å². The first kappa shape index (κ1) is 8.53. The summed E-state index contributed by atoms with van der Waals surface area (Å²) in [5.41, 5.74) is 0. The summed E-state index contributed by atoms with van der Waals surface area (Å²) >= 11 is 0. The molecule has 1 aliphatic rings. The van der Waals surface area contributed by atoms with Gasteiger partial charge in [0.15, 0.2) is 0 Å². The Balaban J connectivity index is 2.09. The molecule has 0 aromatic carbocycles. The Bertz CT molecular complexity index is 127. The summed E-state index contributed by atoms with van der Waals surface area (Å²) < 4.78 is 5.36. The van der Waals surface area contributed by atoms with Gasteiger partial charge in [-0.05, 0) is 25.7 Å².